The summed E-state index contributed by atoms with van der Waals surface area (Å²) < 4.78 is 6.38. The summed E-state index contributed by atoms with van der Waals surface area (Å²) in [7, 11) is 1.65. The molecular weight excluding hydrogens is 254 g/mol. The average molecular weight is 265 g/mol. The van der Waals surface area contributed by atoms with Crippen molar-refractivity contribution >= 4 is 21.4 Å². The van der Waals surface area contributed by atoms with Crippen LogP contribution < -0.4 is 4.74 Å². The molecule has 0 saturated carbocycles. The van der Waals surface area contributed by atoms with Gasteiger partial charge in [0.2, 0.25) is 0 Å². The molecule has 1 aromatic heterocycles. The van der Waals surface area contributed by atoms with Crippen LogP contribution >= 0.6 is 11.3 Å². The van der Waals surface area contributed by atoms with Crippen molar-refractivity contribution in [1.82, 2.24) is 0 Å². The van der Waals surface area contributed by atoms with Gasteiger partial charge in [-0.05, 0) is 23.8 Å². The molecule has 0 aliphatic heterocycles. The van der Waals surface area contributed by atoms with Gasteiger partial charge in [0.1, 0.15) is 11.8 Å². The first-order valence-corrected chi connectivity index (χ1v) is 6.71. The third-order valence-electron chi connectivity index (χ3n) is 3.04. The number of thiophene rings is 1. The molecule has 0 aliphatic carbocycles. The highest BCUT2D eigenvalue weighted by molar-refractivity contribution is 7.22. The largest absolute Gasteiger partial charge is 0.497 e. The van der Waals surface area contributed by atoms with Crippen LogP contribution in [0.15, 0.2) is 48.5 Å². The zero-order chi connectivity index (χ0) is 13.2. The smallest absolute Gasteiger partial charge is 0.119 e. The highest BCUT2D eigenvalue weighted by atomic mass is 32.1. The van der Waals surface area contributed by atoms with Gasteiger partial charge < -0.3 is 4.74 Å². The molecular formula is C16H11NOS. The number of nitriles is 1. The van der Waals surface area contributed by atoms with E-state index in [1.807, 2.05) is 48.5 Å². The molecule has 0 spiro atoms. The molecule has 3 aromatic rings. The Hall–Kier alpha value is -2.31. The molecule has 1 heterocycles. The van der Waals surface area contributed by atoms with Crippen molar-refractivity contribution < 1.29 is 4.74 Å². The highest BCUT2D eigenvalue weighted by Gasteiger charge is 2.13. The van der Waals surface area contributed by atoms with E-state index in [1.165, 1.54) is 0 Å². The third-order valence-corrected chi connectivity index (χ3v) is 4.26. The Labute approximate surface area is 115 Å². The lowest BCUT2D eigenvalue weighted by atomic mass is 10.1. The van der Waals surface area contributed by atoms with Crippen molar-refractivity contribution in [3.8, 4) is 22.3 Å². The molecule has 0 unspecified atom stereocenters. The van der Waals surface area contributed by atoms with E-state index in [4.69, 9.17) is 4.74 Å². The third kappa shape index (κ3) is 1.96. The molecule has 2 aromatic carbocycles. The minimum Gasteiger partial charge on any atom is -0.497 e. The molecule has 3 heteroatoms. The molecule has 0 radical (unpaired) electrons. The number of benzene rings is 2. The molecule has 0 amide bonds. The van der Waals surface area contributed by atoms with Crippen LogP contribution in [0.1, 0.15) is 5.56 Å². The monoisotopic (exact) mass is 265 g/mol. The van der Waals surface area contributed by atoms with E-state index in [0.717, 1.165) is 31.8 Å². The maximum Gasteiger partial charge on any atom is 0.119 e. The van der Waals surface area contributed by atoms with Crippen molar-refractivity contribution in [2.24, 2.45) is 0 Å². The molecule has 0 fully saturated rings. The van der Waals surface area contributed by atoms with E-state index in [2.05, 4.69) is 6.07 Å². The van der Waals surface area contributed by atoms with Gasteiger partial charge in [0.05, 0.1) is 17.6 Å². The number of methoxy groups -OCH3 is 1. The zero-order valence-electron chi connectivity index (χ0n) is 10.4. The molecule has 0 aliphatic rings. The summed E-state index contributed by atoms with van der Waals surface area (Å²) in [6.45, 7) is 0. The van der Waals surface area contributed by atoms with Crippen molar-refractivity contribution in [1.29, 1.82) is 5.26 Å². The van der Waals surface area contributed by atoms with Crippen LogP contribution in [0.4, 0.5) is 0 Å². The molecule has 92 valence electrons. The van der Waals surface area contributed by atoms with Gasteiger partial charge in [-0.3, -0.25) is 0 Å². The lowest BCUT2D eigenvalue weighted by Gasteiger charge is -2.02. The van der Waals surface area contributed by atoms with E-state index < -0.39 is 0 Å². The second-order valence-corrected chi connectivity index (χ2v) is 5.20. The maximum atomic E-state index is 9.42. The number of hydrogen-bond donors (Lipinski definition) is 0. The summed E-state index contributed by atoms with van der Waals surface area (Å²) >= 11 is 1.64. The Bertz CT molecular complexity index is 783. The predicted octanol–water partition coefficient (Wildman–Crippen LogP) is 4.45. The molecule has 2 nitrogen and oxygen atoms in total. The summed E-state index contributed by atoms with van der Waals surface area (Å²) in [6.07, 6.45) is 0. The normalized spacial score (nSPS) is 10.3. The van der Waals surface area contributed by atoms with Crippen LogP contribution in [0.5, 0.6) is 5.75 Å². The second kappa shape index (κ2) is 4.75. The van der Waals surface area contributed by atoms with E-state index >= 15 is 0 Å². The van der Waals surface area contributed by atoms with Crippen molar-refractivity contribution in [3.05, 3.63) is 54.1 Å². The Morgan fingerprint density at radius 1 is 1.11 bits per heavy atom. The molecule has 0 bridgehead atoms. The van der Waals surface area contributed by atoms with Gasteiger partial charge in [-0.25, -0.2) is 0 Å². The van der Waals surface area contributed by atoms with E-state index in [1.54, 1.807) is 18.4 Å². The Kier molecular flexibility index (Phi) is 2.94. The number of fused-ring (bicyclic) bond motifs is 1. The lowest BCUT2D eigenvalue weighted by molar-refractivity contribution is 0.415. The fourth-order valence-electron chi connectivity index (χ4n) is 2.12. The molecule has 0 N–H and O–H groups in total. The topological polar surface area (TPSA) is 33.0 Å². The summed E-state index contributed by atoms with van der Waals surface area (Å²) in [5.74, 6) is 0.804. The van der Waals surface area contributed by atoms with Crippen molar-refractivity contribution in [3.63, 3.8) is 0 Å². The SMILES string of the molecule is COc1cccc(-c2sc3ccccc3c2C#N)c1. The first-order chi connectivity index (χ1) is 9.33. The van der Waals surface area contributed by atoms with Gasteiger partial charge in [0.15, 0.2) is 0 Å². The van der Waals surface area contributed by atoms with Crippen LogP contribution in [0.3, 0.4) is 0 Å². The van der Waals surface area contributed by atoms with Crippen LogP contribution in [-0.4, -0.2) is 7.11 Å². The van der Waals surface area contributed by atoms with Gasteiger partial charge in [0, 0.05) is 10.1 Å². The van der Waals surface area contributed by atoms with E-state index in [-0.39, 0.29) is 0 Å². The minimum atomic E-state index is 0.744. The van der Waals surface area contributed by atoms with Crippen LogP contribution in [-0.2, 0) is 0 Å². The van der Waals surface area contributed by atoms with Gasteiger partial charge in [0.25, 0.3) is 0 Å². The lowest BCUT2D eigenvalue weighted by Crippen LogP contribution is -1.83. The van der Waals surface area contributed by atoms with E-state index in [0.29, 0.717) is 0 Å². The maximum absolute atomic E-state index is 9.42. The summed E-state index contributed by atoms with van der Waals surface area (Å²) in [6, 6.07) is 18.1. The molecule has 0 atom stereocenters. The average Bonchev–Trinajstić information content (AvgIpc) is 2.86. The predicted molar refractivity (Wildman–Crippen MR) is 78.5 cm³/mol. The second-order valence-electron chi connectivity index (χ2n) is 4.15. The quantitative estimate of drug-likeness (QED) is 0.686. The van der Waals surface area contributed by atoms with Crippen molar-refractivity contribution in [2.45, 2.75) is 0 Å². The summed E-state index contributed by atoms with van der Waals surface area (Å²) in [4.78, 5) is 1.00. The Morgan fingerprint density at radius 2 is 1.95 bits per heavy atom. The van der Waals surface area contributed by atoms with Gasteiger partial charge in [-0.1, -0.05) is 30.3 Å². The Balaban J connectivity index is 2.27. The standard InChI is InChI=1S/C16H11NOS/c1-18-12-6-4-5-11(9-12)16-14(10-17)13-7-2-3-8-15(13)19-16/h2-9H,1H3. The molecule has 3 rings (SSSR count). The van der Waals surface area contributed by atoms with Crippen LogP contribution in [0, 0.1) is 11.3 Å². The zero-order valence-corrected chi connectivity index (χ0v) is 11.2. The first kappa shape index (κ1) is 11.8. The molecule has 19 heavy (non-hydrogen) atoms. The fourth-order valence-corrected chi connectivity index (χ4v) is 3.27. The Morgan fingerprint density at radius 3 is 2.74 bits per heavy atom. The highest BCUT2D eigenvalue weighted by Crippen LogP contribution is 2.38. The number of ether oxygens (including phenoxy) is 1. The fraction of sp³-hybridized carbons (Fsp3) is 0.0625. The minimum absolute atomic E-state index is 0.744. The number of hydrogen-bond acceptors (Lipinski definition) is 3. The first-order valence-electron chi connectivity index (χ1n) is 5.89. The van der Waals surface area contributed by atoms with Crippen molar-refractivity contribution in [2.75, 3.05) is 7.11 Å². The molecule has 0 saturated heterocycles. The van der Waals surface area contributed by atoms with E-state index in [9.17, 15) is 5.26 Å². The summed E-state index contributed by atoms with van der Waals surface area (Å²) in [5.41, 5.74) is 1.77. The van der Waals surface area contributed by atoms with Crippen LogP contribution in [0.25, 0.3) is 20.5 Å². The van der Waals surface area contributed by atoms with Gasteiger partial charge >= 0.3 is 0 Å². The van der Waals surface area contributed by atoms with Crippen LogP contribution in [0.2, 0.25) is 0 Å². The van der Waals surface area contributed by atoms with Gasteiger partial charge in [-0.15, -0.1) is 11.3 Å². The summed E-state index contributed by atoms with van der Waals surface area (Å²) in [5, 5.41) is 10.4. The van der Waals surface area contributed by atoms with Gasteiger partial charge in [-0.2, -0.15) is 5.26 Å². The number of rotatable bonds is 2. The number of nitrogens with zero attached hydrogens (tertiary/aromatic N) is 1.